The van der Waals surface area contributed by atoms with E-state index in [0.717, 1.165) is 0 Å². The third-order valence-corrected chi connectivity index (χ3v) is 2.39. The molecule has 0 bridgehead atoms. The molecule has 0 aromatic rings. The summed E-state index contributed by atoms with van der Waals surface area (Å²) in [6, 6.07) is 0. The van der Waals surface area contributed by atoms with E-state index >= 15 is 0 Å². The summed E-state index contributed by atoms with van der Waals surface area (Å²) >= 11 is 0. The van der Waals surface area contributed by atoms with E-state index < -0.39 is 22.0 Å². The Labute approximate surface area is 78.5 Å². The van der Waals surface area contributed by atoms with E-state index in [-0.39, 0.29) is 12.8 Å². The van der Waals surface area contributed by atoms with Crippen LogP contribution in [-0.4, -0.2) is 25.0 Å². The maximum atomic E-state index is 10.8. The van der Waals surface area contributed by atoms with Crippen LogP contribution in [0.15, 0.2) is 4.36 Å². The summed E-state index contributed by atoms with van der Waals surface area (Å²) in [5.74, 6) is -1.18. The van der Waals surface area contributed by atoms with Crippen molar-refractivity contribution in [1.29, 1.82) is 0 Å². The molecular formula is C7H13NO4S. The highest BCUT2D eigenvalue weighted by molar-refractivity contribution is 7.61. The van der Waals surface area contributed by atoms with Crippen LogP contribution in [0.1, 0.15) is 33.1 Å². The van der Waals surface area contributed by atoms with Gasteiger partial charge in [-0.05, 0) is 12.8 Å². The highest BCUT2D eigenvalue weighted by atomic mass is 32.2. The predicted molar refractivity (Wildman–Crippen MR) is 46.9 cm³/mol. The first-order valence-corrected chi connectivity index (χ1v) is 5.07. The highest BCUT2D eigenvalue weighted by Gasteiger charge is 2.36. The number of carboxylic acids is 1. The van der Waals surface area contributed by atoms with E-state index in [9.17, 15) is 13.2 Å². The molecule has 0 saturated carbocycles. The summed E-state index contributed by atoms with van der Waals surface area (Å²) in [4.78, 5) is 10.8. The molecule has 0 aliphatic heterocycles. The average Bonchev–Trinajstić information content (AvgIpc) is 2.02. The minimum atomic E-state index is -2.66. The first kappa shape index (κ1) is 12.1. The Morgan fingerprint density at radius 1 is 1.46 bits per heavy atom. The molecular weight excluding hydrogens is 194 g/mol. The summed E-state index contributed by atoms with van der Waals surface area (Å²) in [7, 11) is -2.66. The van der Waals surface area contributed by atoms with Gasteiger partial charge in [-0.25, -0.2) is 4.79 Å². The summed E-state index contributed by atoms with van der Waals surface area (Å²) in [5, 5.41) is 8.84. The minimum absolute atomic E-state index is 0.185. The van der Waals surface area contributed by atoms with Crippen LogP contribution in [0.2, 0.25) is 0 Å². The molecule has 0 aromatic carbocycles. The Hall–Kier alpha value is -0.910. The lowest BCUT2D eigenvalue weighted by Crippen LogP contribution is -2.35. The van der Waals surface area contributed by atoms with Gasteiger partial charge in [0, 0.05) is 0 Å². The fourth-order valence-electron chi connectivity index (χ4n) is 1.14. The third-order valence-electron chi connectivity index (χ3n) is 1.90. The third kappa shape index (κ3) is 3.14. The van der Waals surface area contributed by atoms with Crippen molar-refractivity contribution in [3.05, 3.63) is 0 Å². The van der Waals surface area contributed by atoms with Crippen LogP contribution in [-0.2, 0) is 15.3 Å². The van der Waals surface area contributed by atoms with Gasteiger partial charge in [-0.1, -0.05) is 20.3 Å². The van der Waals surface area contributed by atoms with Crippen LogP contribution in [0.4, 0.5) is 0 Å². The van der Waals surface area contributed by atoms with Crippen molar-refractivity contribution in [3.8, 4) is 0 Å². The lowest BCUT2D eigenvalue weighted by Gasteiger charge is -2.19. The van der Waals surface area contributed by atoms with Gasteiger partial charge in [-0.2, -0.15) is 12.8 Å². The Morgan fingerprint density at radius 2 is 2.00 bits per heavy atom. The number of rotatable bonds is 5. The van der Waals surface area contributed by atoms with Gasteiger partial charge >= 0.3 is 16.5 Å². The van der Waals surface area contributed by atoms with Gasteiger partial charge in [0.05, 0.1) is 0 Å². The summed E-state index contributed by atoms with van der Waals surface area (Å²) in [5.41, 5.74) is -1.46. The van der Waals surface area contributed by atoms with Crippen molar-refractivity contribution >= 4 is 16.5 Å². The largest absolute Gasteiger partial charge is 0.479 e. The molecule has 5 nitrogen and oxygen atoms in total. The van der Waals surface area contributed by atoms with Gasteiger partial charge in [0.15, 0.2) is 5.54 Å². The first-order chi connectivity index (χ1) is 5.98. The Kier molecular flexibility index (Phi) is 4.61. The minimum Gasteiger partial charge on any atom is -0.479 e. The molecule has 6 heteroatoms. The van der Waals surface area contributed by atoms with Crippen LogP contribution >= 0.6 is 0 Å². The van der Waals surface area contributed by atoms with Crippen LogP contribution < -0.4 is 0 Å². The van der Waals surface area contributed by atoms with Crippen LogP contribution in [0, 0.1) is 0 Å². The van der Waals surface area contributed by atoms with Gasteiger partial charge in [0.1, 0.15) is 0 Å². The molecule has 0 aliphatic rings. The zero-order chi connectivity index (χ0) is 10.5. The van der Waals surface area contributed by atoms with Crippen molar-refractivity contribution in [2.24, 2.45) is 4.36 Å². The Balaban J connectivity index is 5.10. The summed E-state index contributed by atoms with van der Waals surface area (Å²) in [6.45, 7) is 3.40. The summed E-state index contributed by atoms with van der Waals surface area (Å²) in [6.07, 6.45) is 1.01. The lowest BCUT2D eigenvalue weighted by atomic mass is 9.92. The molecule has 1 N–H and O–H groups in total. The maximum Gasteiger partial charge on any atom is 0.332 e. The van der Waals surface area contributed by atoms with Gasteiger partial charge < -0.3 is 5.11 Å². The smallest absolute Gasteiger partial charge is 0.332 e. The molecule has 0 saturated heterocycles. The Morgan fingerprint density at radius 3 is 2.23 bits per heavy atom. The average molecular weight is 207 g/mol. The van der Waals surface area contributed by atoms with Crippen LogP contribution in [0.5, 0.6) is 0 Å². The standard InChI is InChI=1S/C7H13NO4S/c1-3-5-7(4-2,6(9)10)8-13(11)12/h3-5H2,1-2H3,(H,9,10)/t7-/m0/s1. The second kappa shape index (κ2) is 4.96. The highest BCUT2D eigenvalue weighted by Crippen LogP contribution is 2.22. The van der Waals surface area contributed by atoms with Crippen molar-refractivity contribution in [2.45, 2.75) is 38.6 Å². The zero-order valence-electron chi connectivity index (χ0n) is 7.65. The van der Waals surface area contributed by atoms with Crippen LogP contribution in [0.25, 0.3) is 0 Å². The van der Waals surface area contributed by atoms with E-state index in [1.165, 1.54) is 0 Å². The lowest BCUT2D eigenvalue weighted by molar-refractivity contribution is -0.143. The number of hydrogen-bond acceptors (Lipinski definition) is 4. The molecule has 0 radical (unpaired) electrons. The number of hydrogen-bond donors (Lipinski definition) is 1. The van der Waals surface area contributed by atoms with E-state index in [2.05, 4.69) is 4.36 Å². The molecule has 13 heavy (non-hydrogen) atoms. The molecule has 0 aromatic heterocycles. The van der Waals surface area contributed by atoms with Crippen molar-refractivity contribution in [2.75, 3.05) is 0 Å². The molecule has 0 unspecified atom stereocenters. The van der Waals surface area contributed by atoms with Gasteiger partial charge in [0.2, 0.25) is 0 Å². The molecule has 0 amide bonds. The fourth-order valence-corrected chi connectivity index (χ4v) is 1.72. The molecule has 0 rings (SSSR count). The first-order valence-electron chi connectivity index (χ1n) is 4.04. The second-order valence-corrected chi connectivity index (χ2v) is 3.37. The summed E-state index contributed by atoms with van der Waals surface area (Å²) < 4.78 is 23.9. The maximum absolute atomic E-state index is 10.8. The van der Waals surface area contributed by atoms with Gasteiger partial charge in [-0.3, -0.25) is 0 Å². The molecule has 0 fully saturated rings. The molecule has 0 spiro atoms. The molecule has 76 valence electrons. The number of aliphatic carboxylic acids is 1. The van der Waals surface area contributed by atoms with E-state index in [4.69, 9.17) is 5.11 Å². The predicted octanol–water partition coefficient (Wildman–Crippen LogP) is 1.08. The number of carboxylic acid groups (broad SMARTS) is 1. The SMILES string of the molecule is CCC[C@](CC)(N=S(=O)=O)C(=O)O. The fraction of sp³-hybridized carbons (Fsp3) is 0.857. The van der Waals surface area contributed by atoms with E-state index in [1.807, 2.05) is 0 Å². The quantitative estimate of drug-likeness (QED) is 0.731. The van der Waals surface area contributed by atoms with Crippen molar-refractivity contribution < 1.29 is 18.3 Å². The molecule has 0 aliphatic carbocycles. The molecule has 0 heterocycles. The van der Waals surface area contributed by atoms with Crippen molar-refractivity contribution in [3.63, 3.8) is 0 Å². The van der Waals surface area contributed by atoms with E-state index in [1.54, 1.807) is 13.8 Å². The topological polar surface area (TPSA) is 83.8 Å². The van der Waals surface area contributed by atoms with Crippen molar-refractivity contribution in [1.82, 2.24) is 0 Å². The second-order valence-electron chi connectivity index (χ2n) is 2.75. The van der Waals surface area contributed by atoms with Crippen LogP contribution in [0.3, 0.4) is 0 Å². The normalized spacial score (nSPS) is 14.6. The Bertz CT molecular complexity index is 300. The number of nitrogens with zero attached hydrogens (tertiary/aromatic N) is 1. The van der Waals surface area contributed by atoms with Gasteiger partial charge in [-0.15, -0.1) is 0 Å². The van der Waals surface area contributed by atoms with E-state index in [0.29, 0.717) is 6.42 Å². The van der Waals surface area contributed by atoms with Gasteiger partial charge in [0.25, 0.3) is 0 Å². The monoisotopic (exact) mass is 207 g/mol. The molecule has 1 atom stereocenters. The zero-order valence-corrected chi connectivity index (χ0v) is 8.47. The number of carbonyl (C=O) groups is 1.